The van der Waals surface area contributed by atoms with Crippen molar-refractivity contribution >= 4 is 11.8 Å². The molecule has 0 radical (unpaired) electrons. The van der Waals surface area contributed by atoms with E-state index < -0.39 is 348 Å². The fraction of sp³-hybridized carbons (Fsp3) is 0.966. The highest BCUT2D eigenvalue weighted by atomic mass is 16.8. The van der Waals surface area contributed by atoms with E-state index in [1.165, 1.54) is 0 Å². The Balaban J connectivity index is 1.16. The van der Waals surface area contributed by atoms with Crippen LogP contribution < -0.4 is 10.6 Å². The van der Waals surface area contributed by atoms with Gasteiger partial charge in [-0.15, -0.1) is 0 Å². The Morgan fingerprint density at radius 2 is 0.642 bits per heavy atom. The van der Waals surface area contributed by atoms with E-state index in [1.807, 2.05) is 0 Å². The highest BCUT2D eigenvalue weighted by molar-refractivity contribution is 5.73. The molecule has 0 spiro atoms. The second-order valence-electron chi connectivity index (χ2n) is 26.5. The van der Waals surface area contributed by atoms with Gasteiger partial charge in [0, 0.05) is 13.8 Å². The predicted molar refractivity (Wildman–Crippen MR) is 322 cm³/mol. The average molecular weight is 1560 g/mol. The molecule has 48 heteroatoms. The molecule has 8 saturated heterocycles. The van der Waals surface area contributed by atoms with Crippen LogP contribution in [0.5, 0.6) is 0 Å². The summed E-state index contributed by atoms with van der Waals surface area (Å²) in [5, 5.41) is 311. The molecule has 0 aliphatic carbocycles. The van der Waals surface area contributed by atoms with Crippen LogP contribution in [0.3, 0.4) is 0 Å². The topological polar surface area (TPSA) is 772 Å². The van der Waals surface area contributed by atoms with Crippen molar-refractivity contribution in [3.05, 3.63) is 0 Å². The lowest BCUT2D eigenvalue weighted by Gasteiger charge is -2.51. The first-order chi connectivity index (χ1) is 50.1. The van der Waals surface area contributed by atoms with Crippen LogP contribution in [-0.2, 0) is 85.4 Å². The number of amides is 2. The fourth-order valence-electron chi connectivity index (χ4n) is 13.1. The molecule has 44 atom stereocenters. The summed E-state index contributed by atoms with van der Waals surface area (Å²) >= 11 is 0. The van der Waals surface area contributed by atoms with Gasteiger partial charge in [-0.1, -0.05) is 0 Å². The Labute approximate surface area is 599 Å². The third kappa shape index (κ3) is 19.7. The van der Waals surface area contributed by atoms with Crippen LogP contribution in [0.2, 0.25) is 0 Å². The zero-order chi connectivity index (χ0) is 78.4. The van der Waals surface area contributed by atoms with E-state index >= 15 is 0 Å². The van der Waals surface area contributed by atoms with Gasteiger partial charge in [-0.25, -0.2) is 0 Å². The van der Waals surface area contributed by atoms with Crippen LogP contribution in [0.1, 0.15) is 13.8 Å². The quantitative estimate of drug-likeness (QED) is 0.0306. The van der Waals surface area contributed by atoms with Crippen LogP contribution in [0.25, 0.3) is 0 Å². The van der Waals surface area contributed by atoms with Gasteiger partial charge in [-0.3, -0.25) is 9.59 Å². The molecule has 8 aliphatic rings. The first-order valence-electron chi connectivity index (χ1n) is 33.6. The standard InChI is InChI=1S/C58H100N2O46/c1-13(69)59-15(3-61)26(72)45(16(71)4-62)101-51-25(60-14(2)70)34(80)46(22(10-68)98-51)102-56-44(90)48(104-57-50(39(85)31(77)20(8-66)96-57)106-58-49(38(84)30(76)21(9-67)97-58)105-55-42(88)37(83)29(75)19(7-65)95-55)33(79)24(100-56)12-92-53-43(89)47(103-54-41(87)36(82)28(74)18(6-64)94-54)32(78)23(99-53)11-91-52-40(86)35(81)27(73)17(5-63)93-52/h15-58,61-68,71-90H,3-12H2,1-2H3,(H,59,69)(H,60,70)/t15-,16+,17+,18+,19+,20+,21+,22+,23+,24+,25+,26+,27+,28+,29+,30+,31+,32+,33+,34+,35-,36-,37-,38-,39-,40-,41-,42-,43-,44-,45+,46+,47-,48-,49-,50-,51?,52?,53?,54?,55?,56?,57?,58?/m0/s1. The average Bonchev–Trinajstić information content (AvgIpc) is 0.772. The third-order valence-electron chi connectivity index (χ3n) is 19.2. The van der Waals surface area contributed by atoms with Crippen LogP contribution in [0, 0.1) is 0 Å². The normalized spacial score (nSPS) is 48.0. The maximum absolute atomic E-state index is 12.9. The molecular weight excluding hydrogens is 1460 g/mol. The summed E-state index contributed by atoms with van der Waals surface area (Å²) in [5.41, 5.74) is 0. The molecule has 0 aromatic heterocycles. The van der Waals surface area contributed by atoms with Crippen molar-refractivity contribution in [2.45, 2.75) is 284 Å². The largest absolute Gasteiger partial charge is 0.394 e. The summed E-state index contributed by atoms with van der Waals surface area (Å²) in [6, 6.07) is -3.63. The molecule has 8 fully saturated rings. The van der Waals surface area contributed by atoms with Gasteiger partial charge in [-0.05, 0) is 0 Å². The Morgan fingerprint density at radius 1 is 0.321 bits per heavy atom. The summed E-state index contributed by atoms with van der Waals surface area (Å²) < 4.78 is 93.1. The zero-order valence-corrected chi connectivity index (χ0v) is 56.3. The molecule has 8 aliphatic heterocycles. The number of rotatable bonds is 31. The van der Waals surface area contributed by atoms with E-state index in [0.29, 0.717) is 0 Å². The summed E-state index contributed by atoms with van der Waals surface area (Å²) in [6.07, 6.45) is -90.4. The number of nitrogens with one attached hydrogen (secondary N) is 2. The maximum atomic E-state index is 12.9. The second kappa shape index (κ2) is 39.3. The Kier molecular flexibility index (Phi) is 32.9. The third-order valence-corrected chi connectivity index (χ3v) is 19.2. The lowest BCUT2D eigenvalue weighted by molar-refractivity contribution is -0.408. The van der Waals surface area contributed by atoms with Gasteiger partial charge in [0.15, 0.2) is 50.3 Å². The molecule has 8 unspecified atom stereocenters. The van der Waals surface area contributed by atoms with Crippen molar-refractivity contribution in [3.63, 3.8) is 0 Å². The van der Waals surface area contributed by atoms with E-state index in [2.05, 4.69) is 10.6 Å². The van der Waals surface area contributed by atoms with Crippen molar-refractivity contribution < 1.29 is 228 Å². The molecule has 0 bridgehead atoms. The molecule has 0 aromatic carbocycles. The van der Waals surface area contributed by atoms with Crippen molar-refractivity contribution in [1.82, 2.24) is 10.6 Å². The molecule has 0 aromatic rings. The van der Waals surface area contributed by atoms with Crippen LogP contribution in [0.15, 0.2) is 0 Å². The summed E-state index contributed by atoms with van der Waals surface area (Å²) in [6.45, 7) is -9.11. The fourth-order valence-corrected chi connectivity index (χ4v) is 13.1. The number of carbonyl (C=O) groups is 2. The number of ether oxygens (including phenoxy) is 16. The van der Waals surface area contributed by atoms with Gasteiger partial charge in [0.1, 0.15) is 214 Å². The highest BCUT2D eigenvalue weighted by Crippen LogP contribution is 2.39. The van der Waals surface area contributed by atoms with E-state index in [-0.39, 0.29) is 0 Å². The van der Waals surface area contributed by atoms with E-state index in [1.54, 1.807) is 0 Å². The van der Waals surface area contributed by atoms with Crippen molar-refractivity contribution in [1.29, 1.82) is 0 Å². The highest BCUT2D eigenvalue weighted by Gasteiger charge is 2.60. The number of aliphatic hydroxyl groups excluding tert-OH is 28. The number of aliphatic hydroxyl groups is 28. The Bertz CT molecular complexity index is 2660. The van der Waals surface area contributed by atoms with Gasteiger partial charge in [0.2, 0.25) is 11.8 Å². The van der Waals surface area contributed by atoms with E-state index in [9.17, 15) is 153 Å². The van der Waals surface area contributed by atoms with Gasteiger partial charge in [-0.2, -0.15) is 0 Å². The minimum Gasteiger partial charge on any atom is -0.394 e. The molecule has 106 heavy (non-hydrogen) atoms. The molecule has 0 saturated carbocycles. The van der Waals surface area contributed by atoms with Crippen LogP contribution in [0.4, 0.5) is 0 Å². The molecule has 2 amide bonds. The van der Waals surface area contributed by atoms with Crippen molar-refractivity contribution in [2.75, 3.05) is 66.1 Å². The number of hydrogen-bond acceptors (Lipinski definition) is 46. The molecule has 48 nitrogen and oxygen atoms in total. The summed E-state index contributed by atoms with van der Waals surface area (Å²) in [4.78, 5) is 24.9. The number of hydrogen-bond donors (Lipinski definition) is 30. The van der Waals surface area contributed by atoms with Crippen LogP contribution in [-0.4, -0.2) is 491 Å². The monoisotopic (exact) mass is 1560 g/mol. The number of carbonyl (C=O) groups excluding carboxylic acids is 2. The first kappa shape index (κ1) is 88.7. The van der Waals surface area contributed by atoms with Gasteiger partial charge >= 0.3 is 0 Å². The lowest BCUT2D eigenvalue weighted by Crippen LogP contribution is -2.70. The summed E-state index contributed by atoms with van der Waals surface area (Å²) in [7, 11) is 0. The maximum Gasteiger partial charge on any atom is 0.217 e. The van der Waals surface area contributed by atoms with Gasteiger partial charge in [0.25, 0.3) is 0 Å². The molecule has 8 rings (SSSR count). The smallest absolute Gasteiger partial charge is 0.217 e. The van der Waals surface area contributed by atoms with Gasteiger partial charge < -0.3 is 229 Å². The lowest BCUT2D eigenvalue weighted by atomic mass is 9.94. The molecule has 618 valence electrons. The van der Waals surface area contributed by atoms with E-state index in [0.717, 1.165) is 13.8 Å². The van der Waals surface area contributed by atoms with Crippen molar-refractivity contribution in [2.24, 2.45) is 0 Å². The Hall–Kier alpha value is -2.82. The van der Waals surface area contributed by atoms with Crippen molar-refractivity contribution in [3.8, 4) is 0 Å². The zero-order valence-electron chi connectivity index (χ0n) is 56.3. The van der Waals surface area contributed by atoms with Gasteiger partial charge in [0.05, 0.1) is 72.1 Å². The minimum absolute atomic E-state index is 0.813. The molecular formula is C58H100N2O46. The predicted octanol–water partition coefficient (Wildman–Crippen LogP) is -20.7. The van der Waals surface area contributed by atoms with E-state index in [4.69, 9.17) is 75.8 Å². The second-order valence-corrected chi connectivity index (χ2v) is 26.5. The first-order valence-corrected chi connectivity index (χ1v) is 33.6. The molecule has 30 N–H and O–H groups in total. The Morgan fingerprint density at radius 3 is 1.05 bits per heavy atom. The molecule has 8 heterocycles. The minimum atomic E-state index is -2.61. The van der Waals surface area contributed by atoms with Crippen LogP contribution >= 0.6 is 0 Å². The SMILES string of the molecule is CC(=O)N[C@@H](CO)[C@@H](O)[C@H](OC1O[C@H](CO)[C@@H](OC2O[C@H](COC3O[C@H](COC4O[C@H](CO)[C@@H](O)[C@H](O)[C@@H]4O)[C@@H](O)[C@H](OC4O[C@H](CO)[C@@H](O)[C@H](O)[C@@H]4O)[C@@H]3O)[C@@H](O)[C@H](OC3O[C@H](CO)[C@@H](O)[C@H](O)[C@@H]3OC3O[C@H](CO)[C@@H](O)[C@H](O)[C@@H]3OC3O[C@H](CO)[C@@H](O)[C@H](O)[C@@H]3O)[C@@H]2O)[C@H](O)[C@H]1NC(C)=O)[C@H](O)CO. The summed E-state index contributed by atoms with van der Waals surface area (Å²) in [5.74, 6) is -1.80.